The normalized spacial score (nSPS) is 15.5. The number of H-pyrrole nitrogens is 1. The van der Waals surface area contributed by atoms with Gasteiger partial charge in [0.05, 0.1) is 5.69 Å². The fourth-order valence-electron chi connectivity index (χ4n) is 4.85. The predicted molar refractivity (Wildman–Crippen MR) is 155 cm³/mol. The van der Waals surface area contributed by atoms with Crippen LogP contribution < -0.4 is 10.2 Å². The van der Waals surface area contributed by atoms with E-state index in [1.165, 1.54) is 37.3 Å². The summed E-state index contributed by atoms with van der Waals surface area (Å²) < 4.78 is 0. The third kappa shape index (κ3) is 7.04. The van der Waals surface area contributed by atoms with E-state index < -0.39 is 0 Å². The second-order valence-corrected chi connectivity index (χ2v) is 9.68. The fourth-order valence-corrected chi connectivity index (χ4v) is 4.85. The van der Waals surface area contributed by atoms with Crippen molar-refractivity contribution in [3.8, 4) is 17.0 Å². The number of aromatic nitrogens is 2. The Morgan fingerprint density at radius 2 is 1.76 bits per heavy atom. The van der Waals surface area contributed by atoms with E-state index in [9.17, 15) is 9.90 Å². The number of aromatic amines is 1. The van der Waals surface area contributed by atoms with Crippen molar-refractivity contribution >= 4 is 17.2 Å². The number of ketones is 1. The van der Waals surface area contributed by atoms with Crippen LogP contribution in [0.15, 0.2) is 79.8 Å². The molecule has 2 aromatic carbocycles. The zero-order chi connectivity index (χ0) is 26.9. The number of piperazine rings is 1. The van der Waals surface area contributed by atoms with E-state index in [1.807, 2.05) is 18.2 Å². The summed E-state index contributed by atoms with van der Waals surface area (Å²) in [5.74, 6) is 0.341. The summed E-state index contributed by atoms with van der Waals surface area (Å²) in [5, 5.41) is 19.3. The summed E-state index contributed by atoms with van der Waals surface area (Å²) in [7, 11) is 0. The van der Waals surface area contributed by atoms with Crippen LogP contribution in [0.2, 0.25) is 0 Å². The number of benzene rings is 2. The topological polar surface area (TPSA) is 87.7 Å². The van der Waals surface area contributed by atoms with Crippen LogP contribution in [-0.4, -0.2) is 76.7 Å². The van der Waals surface area contributed by atoms with Gasteiger partial charge in [0.1, 0.15) is 5.75 Å². The van der Waals surface area contributed by atoms with Crippen molar-refractivity contribution in [3.63, 3.8) is 0 Å². The van der Waals surface area contributed by atoms with Crippen molar-refractivity contribution in [2.45, 2.75) is 19.8 Å². The largest absolute Gasteiger partial charge is 0.507 e. The SMILES string of the molecule is C=C(CN1CCCC1)N1CCN(c2ccc(C(C)=O)cc2)CC1.C=CNc1ccc(O)c(-c2ccn[nH]2)c1. The third-order valence-electron chi connectivity index (χ3n) is 7.03. The number of rotatable bonds is 8. The van der Waals surface area contributed by atoms with Gasteiger partial charge in [-0.15, -0.1) is 0 Å². The number of likely N-dealkylation sites (tertiary alicyclic amines) is 1. The summed E-state index contributed by atoms with van der Waals surface area (Å²) in [4.78, 5) is 18.7. The van der Waals surface area contributed by atoms with Gasteiger partial charge in [-0.2, -0.15) is 5.10 Å². The van der Waals surface area contributed by atoms with Crippen LogP contribution >= 0.6 is 0 Å². The van der Waals surface area contributed by atoms with Crippen LogP contribution in [0, 0.1) is 0 Å². The number of Topliss-reactive ketones (excluding diaryl/α,β-unsaturated/α-hetero) is 1. The minimum atomic E-state index is 0.125. The van der Waals surface area contributed by atoms with Gasteiger partial charge < -0.3 is 20.2 Å². The Kier molecular flexibility index (Phi) is 9.21. The van der Waals surface area contributed by atoms with Crippen molar-refractivity contribution in [2.24, 2.45) is 0 Å². The lowest BCUT2D eigenvalue weighted by Crippen LogP contribution is -2.47. The van der Waals surface area contributed by atoms with E-state index in [-0.39, 0.29) is 11.5 Å². The van der Waals surface area contributed by atoms with Gasteiger partial charge in [0, 0.05) is 67.1 Å². The first kappa shape index (κ1) is 27.0. The van der Waals surface area contributed by atoms with Crippen LogP contribution in [0.25, 0.3) is 11.3 Å². The highest BCUT2D eigenvalue weighted by molar-refractivity contribution is 5.94. The Hall–Kier alpha value is -4.04. The average Bonchev–Trinajstić information content (AvgIpc) is 3.65. The molecule has 0 saturated carbocycles. The first-order chi connectivity index (χ1) is 18.4. The molecule has 2 saturated heterocycles. The van der Waals surface area contributed by atoms with Crippen molar-refractivity contribution in [1.82, 2.24) is 20.0 Å². The molecule has 0 amide bonds. The van der Waals surface area contributed by atoms with E-state index in [4.69, 9.17) is 0 Å². The highest BCUT2D eigenvalue weighted by atomic mass is 16.3. The minimum absolute atomic E-state index is 0.125. The summed E-state index contributed by atoms with van der Waals surface area (Å²) in [5.41, 5.74) is 5.61. The van der Waals surface area contributed by atoms with Gasteiger partial charge in [-0.3, -0.25) is 14.8 Å². The van der Waals surface area contributed by atoms with Gasteiger partial charge in [-0.05, 0) is 87.6 Å². The summed E-state index contributed by atoms with van der Waals surface area (Å²) in [6.07, 6.45) is 5.89. The number of carbonyl (C=O) groups excluding carboxylic acids is 1. The third-order valence-corrected chi connectivity index (χ3v) is 7.03. The van der Waals surface area contributed by atoms with Crippen LogP contribution in [-0.2, 0) is 0 Å². The van der Waals surface area contributed by atoms with Gasteiger partial charge in [0.2, 0.25) is 0 Å². The summed E-state index contributed by atoms with van der Waals surface area (Å²) in [6, 6.07) is 15.0. The first-order valence-electron chi connectivity index (χ1n) is 13.2. The highest BCUT2D eigenvalue weighted by Gasteiger charge is 2.20. The Labute approximate surface area is 225 Å². The van der Waals surface area contributed by atoms with Crippen LogP contribution in [0.3, 0.4) is 0 Å². The Morgan fingerprint density at radius 1 is 1.05 bits per heavy atom. The second kappa shape index (κ2) is 13.0. The summed E-state index contributed by atoms with van der Waals surface area (Å²) in [6.45, 7) is 17.0. The molecule has 0 aliphatic carbocycles. The molecular weight excluding hydrogens is 476 g/mol. The maximum Gasteiger partial charge on any atom is 0.159 e. The molecular formula is C30H38N6O2. The number of nitrogens with one attached hydrogen (secondary N) is 2. The maximum absolute atomic E-state index is 11.4. The standard InChI is InChI=1S/C19H27N3O.C11H11N3O/c1-16(15-20-9-3-4-10-20)21-11-13-22(14-12-21)19-7-5-18(6-8-19)17(2)23;1-2-12-8-3-4-11(15)9(7-8)10-5-6-13-14-10/h5-8H,1,3-4,9-15H2,2H3;2-7,12,15H,1H2,(H,13,14). The smallest absolute Gasteiger partial charge is 0.159 e. The fraction of sp³-hybridized carbons (Fsp3) is 0.333. The van der Waals surface area contributed by atoms with Crippen molar-refractivity contribution in [2.75, 3.05) is 56.0 Å². The molecule has 3 N–H and O–H groups in total. The zero-order valence-electron chi connectivity index (χ0n) is 22.2. The average molecular weight is 515 g/mol. The summed E-state index contributed by atoms with van der Waals surface area (Å²) >= 11 is 0. The molecule has 3 heterocycles. The van der Waals surface area contributed by atoms with E-state index >= 15 is 0 Å². The predicted octanol–water partition coefficient (Wildman–Crippen LogP) is 4.96. The van der Waals surface area contributed by atoms with Gasteiger partial charge in [-0.25, -0.2) is 0 Å². The van der Waals surface area contributed by atoms with E-state index in [2.05, 4.69) is 55.5 Å². The molecule has 0 bridgehead atoms. The molecule has 5 rings (SSSR count). The molecule has 3 aromatic rings. The van der Waals surface area contributed by atoms with E-state index in [0.717, 1.165) is 49.7 Å². The number of phenolic OH excluding ortho intramolecular Hbond substituents is 1. The molecule has 2 fully saturated rings. The lowest BCUT2D eigenvalue weighted by molar-refractivity contribution is 0.101. The van der Waals surface area contributed by atoms with Gasteiger partial charge >= 0.3 is 0 Å². The number of hydrogen-bond donors (Lipinski definition) is 3. The van der Waals surface area contributed by atoms with Gasteiger partial charge in [0.25, 0.3) is 0 Å². The molecule has 38 heavy (non-hydrogen) atoms. The Morgan fingerprint density at radius 3 is 2.37 bits per heavy atom. The molecule has 0 radical (unpaired) electrons. The van der Waals surface area contributed by atoms with Crippen LogP contribution in [0.1, 0.15) is 30.1 Å². The second-order valence-electron chi connectivity index (χ2n) is 9.68. The Balaban J connectivity index is 0.000000194. The molecule has 1 aromatic heterocycles. The monoisotopic (exact) mass is 514 g/mol. The lowest BCUT2D eigenvalue weighted by Gasteiger charge is -2.39. The van der Waals surface area contributed by atoms with Crippen molar-refractivity contribution in [3.05, 3.63) is 85.3 Å². The first-order valence-corrected chi connectivity index (χ1v) is 13.2. The molecule has 8 heteroatoms. The number of phenols is 1. The highest BCUT2D eigenvalue weighted by Crippen LogP contribution is 2.30. The molecule has 2 aliphatic rings. The van der Waals surface area contributed by atoms with Gasteiger partial charge in [-0.1, -0.05) is 13.2 Å². The molecule has 8 nitrogen and oxygen atoms in total. The molecule has 0 atom stereocenters. The quantitative estimate of drug-likeness (QED) is 0.289. The number of carbonyl (C=O) groups is 1. The van der Waals surface area contributed by atoms with E-state index in [0.29, 0.717) is 5.56 Å². The Bertz CT molecular complexity index is 1210. The molecule has 200 valence electrons. The molecule has 0 spiro atoms. The molecule has 0 unspecified atom stereocenters. The number of aromatic hydroxyl groups is 1. The van der Waals surface area contributed by atoms with Crippen molar-refractivity contribution in [1.29, 1.82) is 0 Å². The van der Waals surface area contributed by atoms with E-state index in [1.54, 1.807) is 37.5 Å². The van der Waals surface area contributed by atoms with Crippen molar-refractivity contribution < 1.29 is 9.90 Å². The lowest BCUT2D eigenvalue weighted by atomic mass is 10.1. The van der Waals surface area contributed by atoms with Crippen LogP contribution in [0.4, 0.5) is 11.4 Å². The molecule has 2 aliphatic heterocycles. The minimum Gasteiger partial charge on any atom is -0.507 e. The van der Waals surface area contributed by atoms with Crippen LogP contribution in [0.5, 0.6) is 5.75 Å². The number of anilines is 2. The van der Waals surface area contributed by atoms with Gasteiger partial charge in [0.15, 0.2) is 5.78 Å². The number of nitrogens with zero attached hydrogens (tertiary/aromatic N) is 4. The number of hydrogen-bond acceptors (Lipinski definition) is 7. The zero-order valence-corrected chi connectivity index (χ0v) is 22.2. The maximum atomic E-state index is 11.4.